The number of rotatable bonds is 2. The molecule has 0 bridgehead atoms. The van der Waals surface area contributed by atoms with Crippen molar-refractivity contribution in [1.29, 1.82) is 0 Å². The zero-order valence-electron chi connectivity index (χ0n) is 14.9. The highest BCUT2D eigenvalue weighted by Crippen LogP contribution is 2.39. The van der Waals surface area contributed by atoms with Gasteiger partial charge in [0.1, 0.15) is 5.60 Å². The smallest absolute Gasteiger partial charge is 0.410 e. The Kier molecular flexibility index (Phi) is 5.04. The lowest BCUT2D eigenvalue weighted by Crippen LogP contribution is -2.47. The van der Waals surface area contributed by atoms with E-state index in [1.807, 2.05) is 69.9 Å². The van der Waals surface area contributed by atoms with Gasteiger partial charge in [0.25, 0.3) is 0 Å². The van der Waals surface area contributed by atoms with Crippen molar-refractivity contribution in [3.05, 3.63) is 35.9 Å². The molecule has 1 amide bonds. The molecular weight excluding hydrogens is 290 g/mol. The number of amides is 1. The molecule has 4 heteroatoms. The fourth-order valence-electron chi connectivity index (χ4n) is 3.14. The van der Waals surface area contributed by atoms with Crippen molar-refractivity contribution < 1.29 is 14.6 Å². The van der Waals surface area contributed by atoms with Gasteiger partial charge in [-0.15, -0.1) is 0 Å². The summed E-state index contributed by atoms with van der Waals surface area (Å²) in [6, 6.07) is 9.95. The van der Waals surface area contributed by atoms with Crippen LogP contribution in [-0.4, -0.2) is 33.8 Å². The molecule has 2 atom stereocenters. The van der Waals surface area contributed by atoms with Crippen molar-refractivity contribution in [3.63, 3.8) is 0 Å². The number of benzene rings is 1. The molecule has 1 aliphatic heterocycles. The zero-order valence-corrected chi connectivity index (χ0v) is 14.9. The molecule has 4 nitrogen and oxygen atoms in total. The zero-order chi connectivity index (χ0) is 17.3. The van der Waals surface area contributed by atoms with E-state index in [1.165, 1.54) is 0 Å². The Morgan fingerprint density at radius 2 is 1.78 bits per heavy atom. The molecule has 0 radical (unpaired) electrons. The molecule has 128 valence electrons. The summed E-state index contributed by atoms with van der Waals surface area (Å²) in [5.41, 5.74) is -0.161. The minimum absolute atomic E-state index is 0.0591. The second kappa shape index (κ2) is 6.52. The van der Waals surface area contributed by atoms with Gasteiger partial charge in [-0.3, -0.25) is 0 Å². The quantitative estimate of drug-likeness (QED) is 0.891. The van der Waals surface area contributed by atoms with Crippen LogP contribution in [0.2, 0.25) is 0 Å². The fraction of sp³-hybridized carbons (Fsp3) is 0.632. The molecule has 0 spiro atoms. The van der Waals surface area contributed by atoms with Crippen LogP contribution in [-0.2, 0) is 4.74 Å². The van der Waals surface area contributed by atoms with Crippen LogP contribution in [0.4, 0.5) is 4.79 Å². The number of nitrogens with zero attached hydrogens (tertiary/aromatic N) is 1. The normalized spacial score (nSPS) is 22.8. The standard InChI is InChI=1S/C19H29NO3/c1-18(2,3)23-17(21)20-12-11-15(19(4,5)22)13-16(20)14-9-7-6-8-10-14/h6-10,15-16,22H,11-13H2,1-5H3. The average molecular weight is 319 g/mol. The van der Waals surface area contributed by atoms with E-state index in [2.05, 4.69) is 0 Å². The maximum atomic E-state index is 12.6. The molecule has 1 aromatic carbocycles. The third-order valence-electron chi connectivity index (χ3n) is 4.41. The molecule has 0 aliphatic carbocycles. The van der Waals surface area contributed by atoms with Crippen LogP contribution in [0.25, 0.3) is 0 Å². The van der Waals surface area contributed by atoms with Crippen LogP contribution < -0.4 is 0 Å². The lowest BCUT2D eigenvalue weighted by atomic mass is 9.78. The van der Waals surface area contributed by atoms with Gasteiger partial charge in [-0.2, -0.15) is 0 Å². The van der Waals surface area contributed by atoms with Gasteiger partial charge in [0.15, 0.2) is 0 Å². The Balaban J connectivity index is 2.25. The number of hydrogen-bond donors (Lipinski definition) is 1. The Bertz CT molecular complexity index is 528. The number of likely N-dealkylation sites (tertiary alicyclic amines) is 1. The summed E-state index contributed by atoms with van der Waals surface area (Å²) in [5.74, 6) is 0.159. The van der Waals surface area contributed by atoms with E-state index in [1.54, 1.807) is 0 Å². The lowest BCUT2D eigenvalue weighted by molar-refractivity contribution is -0.0398. The molecule has 2 rings (SSSR count). The molecule has 23 heavy (non-hydrogen) atoms. The summed E-state index contributed by atoms with van der Waals surface area (Å²) in [7, 11) is 0. The number of carbonyl (C=O) groups is 1. The van der Waals surface area contributed by atoms with Crippen molar-refractivity contribution in [2.24, 2.45) is 5.92 Å². The van der Waals surface area contributed by atoms with Crippen molar-refractivity contribution in [1.82, 2.24) is 4.90 Å². The predicted molar refractivity (Wildman–Crippen MR) is 91.1 cm³/mol. The second-order valence-corrected chi connectivity index (χ2v) is 7.98. The fourth-order valence-corrected chi connectivity index (χ4v) is 3.14. The van der Waals surface area contributed by atoms with E-state index < -0.39 is 11.2 Å². The van der Waals surface area contributed by atoms with Crippen molar-refractivity contribution in [2.75, 3.05) is 6.54 Å². The first-order valence-corrected chi connectivity index (χ1v) is 8.35. The molecule has 2 unspecified atom stereocenters. The Morgan fingerprint density at radius 1 is 1.17 bits per heavy atom. The van der Waals surface area contributed by atoms with E-state index in [-0.39, 0.29) is 18.1 Å². The largest absolute Gasteiger partial charge is 0.444 e. The Morgan fingerprint density at radius 3 is 2.30 bits per heavy atom. The van der Waals surface area contributed by atoms with Crippen molar-refractivity contribution >= 4 is 6.09 Å². The maximum absolute atomic E-state index is 12.6. The second-order valence-electron chi connectivity index (χ2n) is 7.98. The third kappa shape index (κ3) is 4.71. The monoisotopic (exact) mass is 319 g/mol. The highest BCUT2D eigenvalue weighted by molar-refractivity contribution is 5.69. The number of piperidine rings is 1. The number of carbonyl (C=O) groups excluding carboxylic acids is 1. The van der Waals surface area contributed by atoms with Gasteiger partial charge in [-0.1, -0.05) is 30.3 Å². The van der Waals surface area contributed by atoms with Gasteiger partial charge in [0.2, 0.25) is 0 Å². The van der Waals surface area contributed by atoms with Crippen LogP contribution >= 0.6 is 0 Å². The first-order chi connectivity index (χ1) is 10.6. The highest BCUT2D eigenvalue weighted by Gasteiger charge is 2.39. The van der Waals surface area contributed by atoms with E-state index in [4.69, 9.17) is 4.74 Å². The number of ether oxygens (including phenoxy) is 1. The predicted octanol–water partition coefficient (Wildman–Crippen LogP) is 4.15. The van der Waals surface area contributed by atoms with Gasteiger partial charge in [-0.05, 0) is 58.9 Å². The number of hydrogen-bond acceptors (Lipinski definition) is 3. The van der Waals surface area contributed by atoms with Crippen molar-refractivity contribution in [2.45, 2.75) is 64.7 Å². The first-order valence-electron chi connectivity index (χ1n) is 8.35. The van der Waals surface area contributed by atoms with Crippen LogP contribution in [0, 0.1) is 5.92 Å². The molecule has 1 saturated heterocycles. The van der Waals surface area contributed by atoms with Gasteiger partial charge >= 0.3 is 6.09 Å². The SMILES string of the molecule is CC(C)(C)OC(=O)N1CCC(C(C)(C)O)CC1c1ccccc1. The molecular formula is C19H29NO3. The topological polar surface area (TPSA) is 49.8 Å². The lowest BCUT2D eigenvalue weighted by Gasteiger charge is -2.43. The summed E-state index contributed by atoms with van der Waals surface area (Å²) in [6.45, 7) is 9.94. The summed E-state index contributed by atoms with van der Waals surface area (Å²) in [5, 5.41) is 10.4. The molecule has 1 fully saturated rings. The van der Waals surface area contributed by atoms with Crippen molar-refractivity contribution in [3.8, 4) is 0 Å². The Hall–Kier alpha value is -1.55. The van der Waals surface area contributed by atoms with E-state index in [0.29, 0.717) is 6.54 Å². The number of aliphatic hydroxyl groups is 1. The summed E-state index contributed by atoms with van der Waals surface area (Å²) >= 11 is 0. The molecule has 1 aliphatic rings. The average Bonchev–Trinajstić information content (AvgIpc) is 2.45. The maximum Gasteiger partial charge on any atom is 0.410 e. The molecule has 1 N–H and O–H groups in total. The first kappa shape index (κ1) is 17.8. The minimum atomic E-state index is -0.743. The Labute approximate surface area is 139 Å². The van der Waals surface area contributed by atoms with Crippen LogP contribution in [0.15, 0.2) is 30.3 Å². The van der Waals surface area contributed by atoms with Crippen LogP contribution in [0.5, 0.6) is 0 Å². The molecule has 0 saturated carbocycles. The van der Waals surface area contributed by atoms with Gasteiger partial charge in [0.05, 0.1) is 11.6 Å². The molecule has 1 aromatic rings. The van der Waals surface area contributed by atoms with E-state index in [0.717, 1.165) is 18.4 Å². The molecule has 0 aromatic heterocycles. The summed E-state index contributed by atoms with van der Waals surface area (Å²) < 4.78 is 5.57. The molecule has 1 heterocycles. The van der Waals surface area contributed by atoms with Crippen LogP contribution in [0.3, 0.4) is 0 Å². The minimum Gasteiger partial charge on any atom is -0.444 e. The van der Waals surface area contributed by atoms with Gasteiger partial charge < -0.3 is 14.7 Å². The highest BCUT2D eigenvalue weighted by atomic mass is 16.6. The van der Waals surface area contributed by atoms with E-state index in [9.17, 15) is 9.90 Å². The van der Waals surface area contributed by atoms with Crippen LogP contribution in [0.1, 0.15) is 59.1 Å². The van der Waals surface area contributed by atoms with Gasteiger partial charge in [0, 0.05) is 6.54 Å². The third-order valence-corrected chi connectivity index (χ3v) is 4.41. The summed E-state index contributed by atoms with van der Waals surface area (Å²) in [6.07, 6.45) is 1.25. The van der Waals surface area contributed by atoms with E-state index >= 15 is 0 Å². The summed E-state index contributed by atoms with van der Waals surface area (Å²) in [4.78, 5) is 14.4. The van der Waals surface area contributed by atoms with Gasteiger partial charge in [-0.25, -0.2) is 4.79 Å².